The zero-order valence-electron chi connectivity index (χ0n) is 12.4. The van der Waals surface area contributed by atoms with Gasteiger partial charge in [-0.2, -0.15) is 11.8 Å². The maximum absolute atomic E-state index is 10.3. The third-order valence-electron chi connectivity index (χ3n) is 3.48. The zero-order valence-corrected chi connectivity index (χ0v) is 13.2. The third kappa shape index (κ3) is 7.06. The molecule has 0 saturated heterocycles. The van der Waals surface area contributed by atoms with Crippen LogP contribution in [-0.2, 0) is 0 Å². The van der Waals surface area contributed by atoms with Crippen LogP contribution in [0.5, 0.6) is 0 Å². The van der Waals surface area contributed by atoms with E-state index in [1.54, 1.807) is 0 Å². The number of nitrogens with one attached hydrogen (secondary N) is 2. The Balaban J connectivity index is 2.29. The van der Waals surface area contributed by atoms with Crippen molar-refractivity contribution in [2.45, 2.75) is 51.0 Å². The smallest absolute Gasteiger partial charge is 0.191 e. The summed E-state index contributed by atoms with van der Waals surface area (Å²) in [4.78, 5) is 4.52. The van der Waals surface area contributed by atoms with Crippen molar-refractivity contribution in [2.75, 3.05) is 31.6 Å². The molecular weight excluding hydrogens is 258 g/mol. The normalized spacial score (nSPS) is 18.6. The lowest BCUT2D eigenvalue weighted by Gasteiger charge is -2.20. The summed E-state index contributed by atoms with van der Waals surface area (Å²) in [6, 6.07) is 0. The van der Waals surface area contributed by atoms with Crippen LogP contribution in [0, 0.1) is 0 Å². The summed E-state index contributed by atoms with van der Waals surface area (Å²) in [6.45, 7) is 4.39. The molecule has 0 aromatic carbocycles. The fourth-order valence-corrected chi connectivity index (χ4v) is 2.83. The summed E-state index contributed by atoms with van der Waals surface area (Å²) in [6.07, 6.45) is 8.58. The van der Waals surface area contributed by atoms with Crippen LogP contribution < -0.4 is 10.6 Å². The molecule has 1 fully saturated rings. The first kappa shape index (κ1) is 16.6. The quantitative estimate of drug-likeness (QED) is 0.363. The Bertz CT molecular complexity index is 265. The molecular formula is C14H29N3OS. The molecule has 0 bridgehead atoms. The van der Waals surface area contributed by atoms with Gasteiger partial charge in [0.05, 0.1) is 12.1 Å². The Hall–Kier alpha value is -0.420. The number of rotatable bonds is 8. The Labute approximate surface area is 121 Å². The van der Waals surface area contributed by atoms with Gasteiger partial charge >= 0.3 is 0 Å². The fourth-order valence-electron chi connectivity index (χ4n) is 2.34. The second-order valence-electron chi connectivity index (χ2n) is 5.25. The first-order valence-corrected chi connectivity index (χ1v) is 8.83. The van der Waals surface area contributed by atoms with Crippen molar-refractivity contribution in [3.8, 4) is 0 Å². The molecule has 1 rings (SSSR count). The maximum Gasteiger partial charge on any atom is 0.191 e. The van der Waals surface area contributed by atoms with Gasteiger partial charge in [-0.3, -0.25) is 4.99 Å². The van der Waals surface area contributed by atoms with Crippen LogP contribution in [0.3, 0.4) is 0 Å². The first-order chi connectivity index (χ1) is 9.20. The summed E-state index contributed by atoms with van der Waals surface area (Å²) in [5.74, 6) is 2.06. The van der Waals surface area contributed by atoms with Crippen LogP contribution in [0.25, 0.3) is 0 Å². The van der Waals surface area contributed by atoms with E-state index >= 15 is 0 Å². The fraction of sp³-hybridized carbons (Fsp3) is 0.929. The van der Waals surface area contributed by atoms with Crippen molar-refractivity contribution in [3.05, 3.63) is 0 Å². The van der Waals surface area contributed by atoms with E-state index in [4.69, 9.17) is 0 Å². The monoisotopic (exact) mass is 287 g/mol. The van der Waals surface area contributed by atoms with E-state index in [9.17, 15) is 5.11 Å². The number of aliphatic imine (C=N–C) groups is 1. The van der Waals surface area contributed by atoms with Crippen LogP contribution in [0.1, 0.15) is 45.4 Å². The Morgan fingerprint density at radius 2 is 2.00 bits per heavy atom. The molecule has 0 unspecified atom stereocenters. The second-order valence-corrected chi connectivity index (χ2v) is 6.24. The molecule has 1 aliphatic carbocycles. The lowest BCUT2D eigenvalue weighted by molar-refractivity contribution is 0.0574. The molecule has 0 heterocycles. The minimum absolute atomic E-state index is 0.521. The lowest BCUT2D eigenvalue weighted by atomic mass is 10.0. The van der Waals surface area contributed by atoms with E-state index in [-0.39, 0.29) is 0 Å². The number of unbranched alkanes of at least 4 members (excludes halogenated alkanes) is 1. The molecule has 112 valence electrons. The predicted octanol–water partition coefficient (Wildman–Crippen LogP) is 1.99. The van der Waals surface area contributed by atoms with E-state index in [2.05, 4.69) is 28.8 Å². The molecule has 0 aliphatic heterocycles. The van der Waals surface area contributed by atoms with Gasteiger partial charge in [-0.1, -0.05) is 12.8 Å². The molecule has 19 heavy (non-hydrogen) atoms. The Morgan fingerprint density at radius 3 is 2.63 bits per heavy atom. The van der Waals surface area contributed by atoms with Crippen LogP contribution in [-0.4, -0.2) is 48.3 Å². The number of guanidine groups is 1. The molecule has 1 saturated carbocycles. The van der Waals surface area contributed by atoms with E-state index in [0.29, 0.717) is 6.54 Å². The van der Waals surface area contributed by atoms with E-state index in [1.165, 1.54) is 12.2 Å². The van der Waals surface area contributed by atoms with Crippen molar-refractivity contribution in [1.29, 1.82) is 0 Å². The van der Waals surface area contributed by atoms with Gasteiger partial charge in [-0.15, -0.1) is 0 Å². The molecule has 1 aliphatic rings. The van der Waals surface area contributed by atoms with Crippen molar-refractivity contribution >= 4 is 17.7 Å². The summed E-state index contributed by atoms with van der Waals surface area (Å²) in [5.41, 5.74) is -0.554. The largest absolute Gasteiger partial charge is 0.388 e. The average molecular weight is 287 g/mol. The molecule has 0 aromatic rings. The molecule has 5 heteroatoms. The highest BCUT2D eigenvalue weighted by Crippen LogP contribution is 2.29. The maximum atomic E-state index is 10.3. The molecule has 0 aromatic heterocycles. The average Bonchev–Trinajstić information content (AvgIpc) is 2.83. The van der Waals surface area contributed by atoms with Gasteiger partial charge in [0.25, 0.3) is 0 Å². The van der Waals surface area contributed by atoms with Gasteiger partial charge in [0, 0.05) is 13.1 Å². The Morgan fingerprint density at radius 1 is 1.26 bits per heavy atom. The number of thioether (sulfide) groups is 1. The van der Waals surface area contributed by atoms with Crippen LogP contribution in [0.4, 0.5) is 0 Å². The number of hydrogen-bond acceptors (Lipinski definition) is 3. The van der Waals surface area contributed by atoms with Gasteiger partial charge in [-0.25, -0.2) is 0 Å². The minimum atomic E-state index is -0.554. The van der Waals surface area contributed by atoms with E-state index in [1.807, 2.05) is 11.8 Å². The van der Waals surface area contributed by atoms with Gasteiger partial charge in [0.1, 0.15) is 0 Å². The van der Waals surface area contributed by atoms with Crippen molar-refractivity contribution in [2.24, 2.45) is 4.99 Å². The van der Waals surface area contributed by atoms with Gasteiger partial charge in [-0.05, 0) is 44.6 Å². The molecule has 3 N–H and O–H groups in total. The van der Waals surface area contributed by atoms with Crippen LogP contribution in [0.2, 0.25) is 0 Å². The molecule has 0 amide bonds. The summed E-state index contributed by atoms with van der Waals surface area (Å²) < 4.78 is 0. The summed E-state index contributed by atoms with van der Waals surface area (Å²) >= 11 is 1.89. The van der Waals surface area contributed by atoms with Crippen molar-refractivity contribution in [1.82, 2.24) is 10.6 Å². The SMILES string of the molecule is CCNC(=NCC1(O)CCCC1)NCCCCSC. The van der Waals surface area contributed by atoms with E-state index in [0.717, 1.165) is 51.2 Å². The third-order valence-corrected chi connectivity index (χ3v) is 4.17. The number of aliphatic hydroxyl groups is 1. The molecule has 0 atom stereocenters. The highest BCUT2D eigenvalue weighted by atomic mass is 32.2. The topological polar surface area (TPSA) is 56.7 Å². The van der Waals surface area contributed by atoms with Crippen molar-refractivity contribution in [3.63, 3.8) is 0 Å². The summed E-state index contributed by atoms with van der Waals surface area (Å²) in [7, 11) is 0. The predicted molar refractivity (Wildman–Crippen MR) is 85.0 cm³/mol. The standard InChI is InChI=1S/C14H29N3OS/c1-3-15-13(16-10-6-7-11-19-2)17-12-14(18)8-4-5-9-14/h18H,3-12H2,1-2H3,(H2,15,16,17). The Kier molecular flexibility index (Phi) is 8.30. The summed E-state index contributed by atoms with van der Waals surface area (Å²) in [5, 5.41) is 16.9. The van der Waals surface area contributed by atoms with E-state index < -0.39 is 5.60 Å². The second kappa shape index (κ2) is 9.48. The first-order valence-electron chi connectivity index (χ1n) is 7.44. The van der Waals surface area contributed by atoms with Crippen LogP contribution >= 0.6 is 11.8 Å². The number of hydrogen-bond donors (Lipinski definition) is 3. The lowest BCUT2D eigenvalue weighted by Crippen LogP contribution is -2.39. The molecule has 0 spiro atoms. The van der Waals surface area contributed by atoms with Gasteiger partial charge < -0.3 is 15.7 Å². The highest BCUT2D eigenvalue weighted by molar-refractivity contribution is 7.98. The van der Waals surface area contributed by atoms with Crippen molar-refractivity contribution < 1.29 is 5.11 Å². The van der Waals surface area contributed by atoms with Gasteiger partial charge in [0.15, 0.2) is 5.96 Å². The number of nitrogens with zero attached hydrogens (tertiary/aromatic N) is 1. The highest BCUT2D eigenvalue weighted by Gasteiger charge is 2.30. The minimum Gasteiger partial charge on any atom is -0.388 e. The molecule has 0 radical (unpaired) electrons. The van der Waals surface area contributed by atoms with Crippen LogP contribution in [0.15, 0.2) is 4.99 Å². The molecule has 4 nitrogen and oxygen atoms in total. The van der Waals surface area contributed by atoms with Gasteiger partial charge in [0.2, 0.25) is 0 Å². The zero-order chi connectivity index (χ0) is 14.0.